The number of carbonyl (C=O) groups is 1. The second-order valence-electron chi connectivity index (χ2n) is 4.66. The highest BCUT2D eigenvalue weighted by molar-refractivity contribution is 5.96. The molecular formula is C16H16FNO. The lowest BCUT2D eigenvalue weighted by Crippen LogP contribution is -2.15. The minimum absolute atomic E-state index is 0.140. The van der Waals surface area contributed by atoms with Gasteiger partial charge in [0.05, 0.1) is 0 Å². The van der Waals surface area contributed by atoms with Gasteiger partial charge < -0.3 is 5.73 Å². The Morgan fingerprint density at radius 2 is 1.89 bits per heavy atom. The number of halogens is 1. The van der Waals surface area contributed by atoms with Crippen LogP contribution in [0.5, 0.6) is 0 Å². The standard InChI is InChI=1S/C16H16FNO/c1-11-7-13(9-14(17)8-11)16(19)10-15(18)12-5-3-2-4-6-12/h2-9,15H,10,18H2,1H3. The fraction of sp³-hybridized carbons (Fsp3) is 0.188. The van der Waals surface area contributed by atoms with Crippen molar-refractivity contribution < 1.29 is 9.18 Å². The molecule has 1 atom stereocenters. The average Bonchev–Trinajstić information content (AvgIpc) is 2.38. The molecule has 0 saturated carbocycles. The van der Waals surface area contributed by atoms with Gasteiger partial charge in [-0.1, -0.05) is 30.3 Å². The average molecular weight is 257 g/mol. The number of aryl methyl sites for hydroxylation is 1. The molecule has 0 amide bonds. The molecule has 2 rings (SSSR count). The Labute approximate surface area is 112 Å². The SMILES string of the molecule is Cc1cc(F)cc(C(=O)CC(N)c2ccccc2)c1. The van der Waals surface area contributed by atoms with Crippen molar-refractivity contribution >= 4 is 5.78 Å². The monoisotopic (exact) mass is 257 g/mol. The molecule has 0 fully saturated rings. The number of ketones is 1. The summed E-state index contributed by atoms with van der Waals surface area (Å²) in [6.45, 7) is 1.76. The van der Waals surface area contributed by atoms with Gasteiger partial charge in [0, 0.05) is 18.0 Å². The van der Waals surface area contributed by atoms with Gasteiger partial charge >= 0.3 is 0 Å². The van der Waals surface area contributed by atoms with E-state index in [4.69, 9.17) is 5.73 Å². The molecule has 2 aromatic rings. The first kappa shape index (κ1) is 13.4. The lowest BCUT2D eigenvalue weighted by molar-refractivity contribution is 0.0974. The first-order chi connectivity index (χ1) is 9.06. The Hall–Kier alpha value is -2.00. The van der Waals surface area contributed by atoms with Gasteiger partial charge in [-0.2, -0.15) is 0 Å². The van der Waals surface area contributed by atoms with Gasteiger partial charge in [-0.25, -0.2) is 4.39 Å². The number of Topliss-reactive ketones (excluding diaryl/α,β-unsaturated/α-hetero) is 1. The van der Waals surface area contributed by atoms with Crippen LogP contribution in [-0.4, -0.2) is 5.78 Å². The molecule has 0 aliphatic rings. The summed E-state index contributed by atoms with van der Waals surface area (Å²) in [7, 11) is 0. The molecule has 19 heavy (non-hydrogen) atoms. The molecule has 0 bridgehead atoms. The van der Waals surface area contributed by atoms with E-state index >= 15 is 0 Å². The third-order valence-electron chi connectivity index (χ3n) is 3.00. The lowest BCUT2D eigenvalue weighted by atomic mass is 9.98. The highest BCUT2D eigenvalue weighted by atomic mass is 19.1. The van der Waals surface area contributed by atoms with E-state index in [1.165, 1.54) is 12.1 Å². The zero-order chi connectivity index (χ0) is 13.8. The van der Waals surface area contributed by atoms with E-state index in [1.807, 2.05) is 30.3 Å². The number of hydrogen-bond donors (Lipinski definition) is 1. The molecule has 0 heterocycles. The van der Waals surface area contributed by atoms with Gasteiger partial charge in [-0.05, 0) is 36.2 Å². The minimum Gasteiger partial charge on any atom is -0.324 e. The van der Waals surface area contributed by atoms with Crippen molar-refractivity contribution in [2.24, 2.45) is 5.73 Å². The van der Waals surface area contributed by atoms with Crippen LogP contribution in [0.15, 0.2) is 48.5 Å². The van der Waals surface area contributed by atoms with E-state index < -0.39 is 5.82 Å². The van der Waals surface area contributed by atoms with Crippen LogP contribution in [0.2, 0.25) is 0 Å². The van der Waals surface area contributed by atoms with E-state index in [0.29, 0.717) is 5.56 Å². The number of carbonyl (C=O) groups excluding carboxylic acids is 1. The van der Waals surface area contributed by atoms with Crippen molar-refractivity contribution in [1.82, 2.24) is 0 Å². The molecule has 0 aliphatic heterocycles. The van der Waals surface area contributed by atoms with Crippen LogP contribution in [0.1, 0.15) is 33.9 Å². The first-order valence-electron chi connectivity index (χ1n) is 6.17. The Kier molecular flexibility index (Phi) is 4.07. The van der Waals surface area contributed by atoms with Gasteiger partial charge in [0.25, 0.3) is 0 Å². The second-order valence-corrected chi connectivity index (χ2v) is 4.66. The summed E-state index contributed by atoms with van der Waals surface area (Å²) in [6, 6.07) is 13.4. The van der Waals surface area contributed by atoms with Gasteiger partial charge in [0.1, 0.15) is 5.82 Å². The summed E-state index contributed by atoms with van der Waals surface area (Å²) in [5.41, 5.74) is 8.01. The van der Waals surface area contributed by atoms with Crippen molar-refractivity contribution in [3.8, 4) is 0 Å². The summed E-state index contributed by atoms with van der Waals surface area (Å²) in [5, 5.41) is 0. The quantitative estimate of drug-likeness (QED) is 0.853. The molecule has 2 nitrogen and oxygen atoms in total. The third kappa shape index (κ3) is 3.48. The smallest absolute Gasteiger partial charge is 0.164 e. The lowest BCUT2D eigenvalue weighted by Gasteiger charge is -2.11. The molecule has 3 heteroatoms. The molecular weight excluding hydrogens is 241 g/mol. The molecule has 0 spiro atoms. The van der Waals surface area contributed by atoms with Gasteiger partial charge in [0.15, 0.2) is 5.78 Å². The zero-order valence-corrected chi connectivity index (χ0v) is 10.8. The topological polar surface area (TPSA) is 43.1 Å². The summed E-state index contributed by atoms with van der Waals surface area (Å²) in [6.07, 6.45) is 0.174. The number of rotatable bonds is 4. The van der Waals surface area contributed by atoms with Crippen molar-refractivity contribution in [2.45, 2.75) is 19.4 Å². The Morgan fingerprint density at radius 3 is 2.53 bits per heavy atom. The predicted molar refractivity (Wildman–Crippen MR) is 73.5 cm³/mol. The molecule has 0 radical (unpaired) electrons. The third-order valence-corrected chi connectivity index (χ3v) is 3.00. The van der Waals surface area contributed by atoms with Crippen LogP contribution in [-0.2, 0) is 0 Å². The van der Waals surface area contributed by atoms with E-state index in [2.05, 4.69) is 0 Å². The molecule has 98 valence electrons. The highest BCUT2D eigenvalue weighted by Crippen LogP contribution is 2.18. The van der Waals surface area contributed by atoms with Crippen LogP contribution in [0, 0.1) is 12.7 Å². The molecule has 0 aromatic heterocycles. The normalized spacial score (nSPS) is 12.2. The van der Waals surface area contributed by atoms with Crippen LogP contribution >= 0.6 is 0 Å². The zero-order valence-electron chi connectivity index (χ0n) is 10.8. The fourth-order valence-corrected chi connectivity index (χ4v) is 2.03. The molecule has 1 unspecified atom stereocenters. The highest BCUT2D eigenvalue weighted by Gasteiger charge is 2.14. The molecule has 2 aromatic carbocycles. The second kappa shape index (κ2) is 5.76. The van der Waals surface area contributed by atoms with Crippen molar-refractivity contribution in [3.05, 3.63) is 71.0 Å². The largest absolute Gasteiger partial charge is 0.324 e. The number of benzene rings is 2. The minimum atomic E-state index is -0.392. The maximum absolute atomic E-state index is 13.3. The van der Waals surface area contributed by atoms with Gasteiger partial charge in [-0.3, -0.25) is 4.79 Å². The van der Waals surface area contributed by atoms with Gasteiger partial charge in [-0.15, -0.1) is 0 Å². The maximum Gasteiger partial charge on any atom is 0.164 e. The number of hydrogen-bond acceptors (Lipinski definition) is 2. The Balaban J connectivity index is 2.13. The van der Waals surface area contributed by atoms with Crippen LogP contribution in [0.3, 0.4) is 0 Å². The van der Waals surface area contributed by atoms with E-state index in [9.17, 15) is 9.18 Å². The molecule has 0 aliphatic carbocycles. The Morgan fingerprint density at radius 1 is 1.21 bits per heavy atom. The number of nitrogens with two attached hydrogens (primary N) is 1. The van der Waals surface area contributed by atoms with E-state index in [-0.39, 0.29) is 18.2 Å². The first-order valence-corrected chi connectivity index (χ1v) is 6.17. The van der Waals surface area contributed by atoms with Crippen molar-refractivity contribution in [3.63, 3.8) is 0 Å². The Bertz CT molecular complexity index is 560. The van der Waals surface area contributed by atoms with E-state index in [0.717, 1.165) is 11.1 Å². The van der Waals surface area contributed by atoms with Crippen LogP contribution in [0.25, 0.3) is 0 Å². The fourth-order valence-electron chi connectivity index (χ4n) is 2.03. The van der Waals surface area contributed by atoms with E-state index in [1.54, 1.807) is 13.0 Å². The van der Waals surface area contributed by atoms with Gasteiger partial charge in [0.2, 0.25) is 0 Å². The molecule has 2 N–H and O–H groups in total. The maximum atomic E-state index is 13.3. The summed E-state index contributed by atoms with van der Waals surface area (Å²) in [5.74, 6) is -0.532. The van der Waals surface area contributed by atoms with Crippen molar-refractivity contribution in [2.75, 3.05) is 0 Å². The van der Waals surface area contributed by atoms with Crippen LogP contribution in [0.4, 0.5) is 4.39 Å². The van der Waals surface area contributed by atoms with Crippen molar-refractivity contribution in [1.29, 1.82) is 0 Å². The van der Waals surface area contributed by atoms with Crippen LogP contribution < -0.4 is 5.73 Å². The summed E-state index contributed by atoms with van der Waals surface area (Å²) < 4.78 is 13.3. The molecule has 0 saturated heterocycles. The summed E-state index contributed by atoms with van der Waals surface area (Å²) in [4.78, 5) is 12.1. The summed E-state index contributed by atoms with van der Waals surface area (Å²) >= 11 is 0. The predicted octanol–water partition coefficient (Wildman–Crippen LogP) is 3.41.